The maximum Gasteiger partial charge on any atom is -0.0106 e. The van der Waals surface area contributed by atoms with Gasteiger partial charge in [-0.15, -0.1) is 0 Å². The van der Waals surface area contributed by atoms with Crippen LogP contribution in [0.4, 0.5) is 0 Å². The second kappa shape index (κ2) is 4.00. The van der Waals surface area contributed by atoms with Crippen LogP contribution in [0, 0.1) is 0 Å². The van der Waals surface area contributed by atoms with E-state index in [4.69, 9.17) is 0 Å². The average molecular weight is 202 g/mol. The molecule has 0 spiro atoms. The molecule has 0 nitrogen and oxygen atoms in total. The van der Waals surface area contributed by atoms with Crippen molar-refractivity contribution < 1.29 is 0 Å². The Balaban J connectivity index is 2.36. The van der Waals surface area contributed by atoms with E-state index < -0.39 is 0 Å². The Morgan fingerprint density at radius 1 is 1.07 bits per heavy atom. The molecule has 0 atom stereocenters. The zero-order valence-electron chi connectivity index (χ0n) is 10.3. The summed E-state index contributed by atoms with van der Waals surface area (Å²) in [5.41, 5.74) is 5.06. The Morgan fingerprint density at radius 2 is 1.73 bits per heavy atom. The quantitative estimate of drug-likeness (QED) is 0.672. The van der Waals surface area contributed by atoms with Crippen LogP contribution < -0.4 is 0 Å². The van der Waals surface area contributed by atoms with Gasteiger partial charge in [-0.1, -0.05) is 39.0 Å². The zero-order valence-corrected chi connectivity index (χ0v) is 10.3. The Hall–Kier alpha value is -0.780. The van der Waals surface area contributed by atoms with Crippen molar-refractivity contribution in [3.8, 4) is 0 Å². The van der Waals surface area contributed by atoms with E-state index in [2.05, 4.69) is 39.0 Å². The predicted octanol–water partition coefficient (Wildman–Crippen LogP) is 4.25. The molecule has 0 unspecified atom stereocenters. The van der Waals surface area contributed by atoms with Gasteiger partial charge in [-0.05, 0) is 54.2 Å². The van der Waals surface area contributed by atoms with Gasteiger partial charge in [0, 0.05) is 0 Å². The van der Waals surface area contributed by atoms with Crippen molar-refractivity contribution in [2.45, 2.75) is 58.3 Å². The maximum absolute atomic E-state index is 2.46. The minimum atomic E-state index is 0.340. The van der Waals surface area contributed by atoms with Crippen LogP contribution in [-0.4, -0.2) is 0 Å². The topological polar surface area (TPSA) is 0 Å². The number of benzene rings is 1. The van der Waals surface area contributed by atoms with Gasteiger partial charge in [0.25, 0.3) is 0 Å². The average Bonchev–Trinajstić information content (AvgIpc) is 2.28. The zero-order chi connectivity index (χ0) is 10.9. The van der Waals surface area contributed by atoms with Crippen LogP contribution in [0.5, 0.6) is 0 Å². The SMILES string of the molecule is CCC(C)(C)c1ccc2c(c1)CCCC2. The van der Waals surface area contributed by atoms with E-state index in [9.17, 15) is 0 Å². The fourth-order valence-electron chi connectivity index (χ4n) is 2.36. The van der Waals surface area contributed by atoms with Crippen molar-refractivity contribution in [1.82, 2.24) is 0 Å². The van der Waals surface area contributed by atoms with Crippen molar-refractivity contribution in [3.05, 3.63) is 34.9 Å². The third-order valence-electron chi connectivity index (χ3n) is 4.01. The fraction of sp³-hybridized carbons (Fsp3) is 0.600. The van der Waals surface area contributed by atoms with Crippen molar-refractivity contribution in [3.63, 3.8) is 0 Å². The molecule has 15 heavy (non-hydrogen) atoms. The van der Waals surface area contributed by atoms with Gasteiger partial charge >= 0.3 is 0 Å². The first-order valence-electron chi connectivity index (χ1n) is 6.26. The molecule has 0 saturated carbocycles. The maximum atomic E-state index is 2.46. The first kappa shape index (κ1) is 10.7. The molecule has 82 valence electrons. The number of fused-ring (bicyclic) bond motifs is 1. The van der Waals surface area contributed by atoms with Gasteiger partial charge < -0.3 is 0 Å². The van der Waals surface area contributed by atoms with Gasteiger partial charge in [-0.3, -0.25) is 0 Å². The van der Waals surface area contributed by atoms with Crippen LogP contribution in [0.1, 0.15) is 56.7 Å². The molecule has 2 rings (SSSR count). The molecule has 1 aliphatic carbocycles. The van der Waals surface area contributed by atoms with Crippen LogP contribution in [0.25, 0.3) is 0 Å². The highest BCUT2D eigenvalue weighted by Gasteiger charge is 2.19. The molecule has 0 amide bonds. The van der Waals surface area contributed by atoms with E-state index in [0.717, 1.165) is 0 Å². The molecule has 0 heterocycles. The van der Waals surface area contributed by atoms with Gasteiger partial charge in [0.15, 0.2) is 0 Å². The Labute approximate surface area is 93.7 Å². The summed E-state index contributed by atoms with van der Waals surface area (Å²) in [4.78, 5) is 0. The lowest BCUT2D eigenvalue weighted by atomic mass is 9.79. The highest BCUT2D eigenvalue weighted by molar-refractivity contribution is 5.36. The Bertz CT molecular complexity index is 347. The second-order valence-electron chi connectivity index (χ2n) is 5.43. The molecule has 0 N–H and O–H groups in total. The number of hydrogen-bond donors (Lipinski definition) is 0. The summed E-state index contributed by atoms with van der Waals surface area (Å²) < 4.78 is 0. The monoisotopic (exact) mass is 202 g/mol. The molecule has 0 fully saturated rings. The number of hydrogen-bond acceptors (Lipinski definition) is 0. The first-order chi connectivity index (χ1) is 7.13. The van der Waals surface area contributed by atoms with Crippen LogP contribution in [0.15, 0.2) is 18.2 Å². The molecule has 0 aromatic heterocycles. The van der Waals surface area contributed by atoms with E-state index >= 15 is 0 Å². The van der Waals surface area contributed by atoms with E-state index in [0.29, 0.717) is 5.41 Å². The largest absolute Gasteiger partial charge is 0.0646 e. The molecule has 0 radical (unpaired) electrons. The summed E-state index contributed by atoms with van der Waals surface area (Å²) in [5, 5.41) is 0. The van der Waals surface area contributed by atoms with Gasteiger partial charge in [-0.25, -0.2) is 0 Å². The highest BCUT2D eigenvalue weighted by Crippen LogP contribution is 2.30. The third-order valence-corrected chi connectivity index (χ3v) is 4.01. The van der Waals surface area contributed by atoms with Gasteiger partial charge in [0.05, 0.1) is 0 Å². The smallest absolute Gasteiger partial charge is 0.0106 e. The summed E-state index contributed by atoms with van der Waals surface area (Å²) in [7, 11) is 0. The van der Waals surface area contributed by atoms with Gasteiger partial charge in [0.1, 0.15) is 0 Å². The molecule has 1 aromatic rings. The van der Waals surface area contributed by atoms with Crippen molar-refractivity contribution in [2.75, 3.05) is 0 Å². The lowest BCUT2D eigenvalue weighted by Gasteiger charge is -2.26. The molecule has 0 saturated heterocycles. The van der Waals surface area contributed by atoms with Crippen LogP contribution in [0.2, 0.25) is 0 Å². The van der Waals surface area contributed by atoms with E-state index in [1.165, 1.54) is 37.7 Å². The fourth-order valence-corrected chi connectivity index (χ4v) is 2.36. The number of aryl methyl sites for hydroxylation is 2. The minimum Gasteiger partial charge on any atom is -0.0646 e. The second-order valence-corrected chi connectivity index (χ2v) is 5.43. The number of rotatable bonds is 2. The third kappa shape index (κ3) is 2.09. The van der Waals surface area contributed by atoms with Crippen molar-refractivity contribution >= 4 is 0 Å². The van der Waals surface area contributed by atoms with Gasteiger partial charge in [-0.2, -0.15) is 0 Å². The summed E-state index contributed by atoms with van der Waals surface area (Å²) >= 11 is 0. The summed E-state index contributed by atoms with van der Waals surface area (Å²) in [6.45, 7) is 6.97. The molecule has 1 aliphatic rings. The predicted molar refractivity (Wildman–Crippen MR) is 66.4 cm³/mol. The normalized spacial score (nSPS) is 16.2. The van der Waals surface area contributed by atoms with Crippen LogP contribution in [0.3, 0.4) is 0 Å². The highest BCUT2D eigenvalue weighted by atomic mass is 14.2. The minimum absolute atomic E-state index is 0.340. The summed E-state index contributed by atoms with van der Waals surface area (Å²) in [6, 6.07) is 7.16. The molecule has 0 aliphatic heterocycles. The van der Waals surface area contributed by atoms with Crippen LogP contribution >= 0.6 is 0 Å². The summed E-state index contributed by atoms with van der Waals surface area (Å²) in [5.74, 6) is 0. The van der Waals surface area contributed by atoms with Gasteiger partial charge in [0.2, 0.25) is 0 Å². The molecular formula is C15H22. The van der Waals surface area contributed by atoms with E-state index in [-0.39, 0.29) is 0 Å². The molecule has 0 bridgehead atoms. The van der Waals surface area contributed by atoms with Crippen molar-refractivity contribution in [1.29, 1.82) is 0 Å². The van der Waals surface area contributed by atoms with E-state index in [1.807, 2.05) is 0 Å². The Morgan fingerprint density at radius 3 is 2.40 bits per heavy atom. The Kier molecular flexibility index (Phi) is 2.86. The summed E-state index contributed by atoms with van der Waals surface area (Å²) in [6.07, 6.45) is 6.56. The molecule has 0 heteroatoms. The van der Waals surface area contributed by atoms with Crippen LogP contribution in [-0.2, 0) is 18.3 Å². The lowest BCUT2D eigenvalue weighted by Crippen LogP contribution is -2.16. The molecule has 1 aromatic carbocycles. The van der Waals surface area contributed by atoms with E-state index in [1.54, 1.807) is 11.1 Å². The molecular weight excluding hydrogens is 180 g/mol. The first-order valence-corrected chi connectivity index (χ1v) is 6.26. The standard InChI is InChI=1S/C15H22/c1-4-15(2,3)14-10-9-12-7-5-6-8-13(12)11-14/h9-11H,4-8H2,1-3H3. The van der Waals surface area contributed by atoms with Crippen molar-refractivity contribution in [2.24, 2.45) is 0 Å². The lowest BCUT2D eigenvalue weighted by molar-refractivity contribution is 0.504.